The van der Waals surface area contributed by atoms with Gasteiger partial charge in [-0.25, -0.2) is 9.18 Å². The number of carbonyl (C=O) groups excluding carboxylic acids is 2. The van der Waals surface area contributed by atoms with Crippen LogP contribution in [-0.4, -0.2) is 46.3 Å². The molecule has 0 saturated carbocycles. The Morgan fingerprint density at radius 1 is 1.20 bits per heavy atom. The molecule has 2 aliphatic heterocycles. The number of rotatable bonds is 5. The molecule has 1 N–H and O–H groups in total. The number of urea groups is 1. The number of halogens is 1. The van der Waals surface area contributed by atoms with E-state index >= 15 is 0 Å². The fourth-order valence-corrected chi connectivity index (χ4v) is 4.78. The summed E-state index contributed by atoms with van der Waals surface area (Å²) < 4.78 is 21.1. The zero-order valence-electron chi connectivity index (χ0n) is 20.2. The predicted octanol–water partition coefficient (Wildman–Crippen LogP) is 3.73. The molecule has 2 atom stereocenters. The first-order chi connectivity index (χ1) is 16.7. The number of nitrogens with one attached hydrogen (secondary N) is 1. The summed E-state index contributed by atoms with van der Waals surface area (Å²) in [5.74, 6) is 0.0948. The number of nitrogens with zero attached hydrogens (tertiary/aromatic N) is 4. The summed E-state index contributed by atoms with van der Waals surface area (Å²) in [5, 5.41) is 7.31. The van der Waals surface area contributed by atoms with Crippen LogP contribution in [0.3, 0.4) is 0 Å². The topological polar surface area (TPSA) is 79.7 Å². The van der Waals surface area contributed by atoms with Gasteiger partial charge in [0.05, 0.1) is 36.2 Å². The number of fused-ring (bicyclic) bond motifs is 2. The summed E-state index contributed by atoms with van der Waals surface area (Å²) in [6.07, 6.45) is 0.279. The van der Waals surface area contributed by atoms with Crippen LogP contribution in [0.1, 0.15) is 45.8 Å². The molecule has 0 fully saturated rings. The first kappa shape index (κ1) is 22.9. The van der Waals surface area contributed by atoms with Crippen LogP contribution in [-0.2, 0) is 20.0 Å². The average Bonchev–Trinajstić information content (AvgIpc) is 3.39. The summed E-state index contributed by atoms with van der Waals surface area (Å²) in [5.41, 5.74) is 4.72. The minimum Gasteiger partial charge on any atom is -0.488 e. The maximum atomic E-state index is 13.5. The zero-order chi connectivity index (χ0) is 24.9. The van der Waals surface area contributed by atoms with E-state index in [1.807, 2.05) is 33.0 Å². The van der Waals surface area contributed by atoms with Gasteiger partial charge in [-0.3, -0.25) is 14.4 Å². The predicted molar refractivity (Wildman–Crippen MR) is 129 cm³/mol. The molecule has 2 aliphatic rings. The second-order valence-corrected chi connectivity index (χ2v) is 9.24. The number of benzene rings is 2. The fourth-order valence-electron chi connectivity index (χ4n) is 4.78. The van der Waals surface area contributed by atoms with Crippen LogP contribution in [0.15, 0.2) is 42.5 Å². The molecule has 1 aromatic heterocycles. The van der Waals surface area contributed by atoms with Crippen LogP contribution in [0.2, 0.25) is 0 Å². The first-order valence-corrected chi connectivity index (χ1v) is 11.6. The second kappa shape index (κ2) is 8.72. The molecular formula is C26H28FN5O3. The van der Waals surface area contributed by atoms with E-state index in [4.69, 9.17) is 4.74 Å². The van der Waals surface area contributed by atoms with Gasteiger partial charge in [-0.05, 0) is 55.8 Å². The van der Waals surface area contributed by atoms with Crippen molar-refractivity contribution in [1.29, 1.82) is 0 Å². The van der Waals surface area contributed by atoms with E-state index in [-0.39, 0.29) is 29.9 Å². The Bertz CT molecular complexity index is 1320. The zero-order valence-corrected chi connectivity index (χ0v) is 20.2. The Morgan fingerprint density at radius 2 is 2.00 bits per heavy atom. The summed E-state index contributed by atoms with van der Waals surface area (Å²) in [7, 11) is 3.63. The SMILES string of the molecule is Cc1cc(CN2C(=O)N(C)C(C)c3ccc(C(=O)NCC4Cc5cc(F)ccc5O4)cc32)n(C)n1. The van der Waals surface area contributed by atoms with Gasteiger partial charge in [0, 0.05) is 31.6 Å². The Morgan fingerprint density at radius 3 is 2.74 bits per heavy atom. The van der Waals surface area contributed by atoms with Gasteiger partial charge in [-0.2, -0.15) is 5.10 Å². The second-order valence-electron chi connectivity index (χ2n) is 9.24. The molecule has 3 heterocycles. The molecule has 0 saturated heterocycles. The molecule has 2 aromatic carbocycles. The molecule has 9 heteroatoms. The van der Waals surface area contributed by atoms with Crippen LogP contribution < -0.4 is 15.0 Å². The van der Waals surface area contributed by atoms with Gasteiger partial charge < -0.3 is 15.0 Å². The van der Waals surface area contributed by atoms with Crippen molar-refractivity contribution >= 4 is 17.6 Å². The van der Waals surface area contributed by atoms with E-state index in [1.165, 1.54) is 12.1 Å². The van der Waals surface area contributed by atoms with Crippen molar-refractivity contribution in [3.05, 3.63) is 76.4 Å². The molecule has 2 unspecified atom stereocenters. The number of hydrogen-bond acceptors (Lipinski definition) is 4. The number of amides is 3. The number of aromatic nitrogens is 2. The molecule has 3 amide bonds. The molecule has 35 heavy (non-hydrogen) atoms. The minimum atomic E-state index is -0.300. The summed E-state index contributed by atoms with van der Waals surface area (Å²) in [4.78, 5) is 29.6. The summed E-state index contributed by atoms with van der Waals surface area (Å²) in [6, 6.07) is 11.6. The normalized spacial score (nSPS) is 18.8. The molecular weight excluding hydrogens is 449 g/mol. The fraction of sp³-hybridized carbons (Fsp3) is 0.346. The Labute approximate surface area is 203 Å². The molecule has 182 valence electrons. The lowest BCUT2D eigenvalue weighted by Crippen LogP contribution is -2.47. The molecule has 0 radical (unpaired) electrons. The lowest BCUT2D eigenvalue weighted by Gasteiger charge is -2.39. The van der Waals surface area contributed by atoms with Crippen molar-refractivity contribution < 1.29 is 18.7 Å². The van der Waals surface area contributed by atoms with E-state index in [0.717, 1.165) is 22.5 Å². The molecule has 0 bridgehead atoms. The Kier molecular flexibility index (Phi) is 5.70. The number of aryl methyl sites for hydroxylation is 2. The molecule has 3 aromatic rings. The lowest BCUT2D eigenvalue weighted by atomic mass is 9.98. The van der Waals surface area contributed by atoms with Crippen LogP contribution in [0, 0.1) is 12.7 Å². The smallest absolute Gasteiger partial charge is 0.325 e. The van der Waals surface area contributed by atoms with Crippen LogP contribution in [0.25, 0.3) is 0 Å². The Hall–Kier alpha value is -3.88. The number of ether oxygens (including phenoxy) is 1. The maximum Gasteiger partial charge on any atom is 0.325 e. The van der Waals surface area contributed by atoms with Crippen LogP contribution >= 0.6 is 0 Å². The van der Waals surface area contributed by atoms with Gasteiger partial charge in [-0.1, -0.05) is 6.07 Å². The third-order valence-electron chi connectivity index (χ3n) is 6.82. The molecule has 0 spiro atoms. The third-order valence-corrected chi connectivity index (χ3v) is 6.82. The van der Waals surface area contributed by atoms with Crippen LogP contribution in [0.4, 0.5) is 14.9 Å². The van der Waals surface area contributed by atoms with Gasteiger partial charge in [0.25, 0.3) is 5.91 Å². The van der Waals surface area contributed by atoms with Gasteiger partial charge in [-0.15, -0.1) is 0 Å². The van der Waals surface area contributed by atoms with E-state index in [2.05, 4.69) is 10.4 Å². The van der Waals surface area contributed by atoms with Gasteiger partial charge in [0.1, 0.15) is 17.7 Å². The highest BCUT2D eigenvalue weighted by molar-refractivity contribution is 5.99. The quantitative estimate of drug-likeness (QED) is 0.607. The average molecular weight is 478 g/mol. The number of carbonyl (C=O) groups is 2. The van der Waals surface area contributed by atoms with Gasteiger partial charge in [0.15, 0.2) is 0 Å². The highest BCUT2D eigenvalue weighted by Gasteiger charge is 2.34. The van der Waals surface area contributed by atoms with Crippen molar-refractivity contribution in [2.45, 2.75) is 39.0 Å². The largest absolute Gasteiger partial charge is 0.488 e. The monoisotopic (exact) mass is 477 g/mol. The molecule has 0 aliphatic carbocycles. The van der Waals surface area contributed by atoms with E-state index in [1.54, 1.807) is 39.7 Å². The van der Waals surface area contributed by atoms with Gasteiger partial charge in [0.2, 0.25) is 0 Å². The first-order valence-electron chi connectivity index (χ1n) is 11.6. The van der Waals surface area contributed by atoms with E-state index < -0.39 is 0 Å². The van der Waals surface area contributed by atoms with Crippen LogP contribution in [0.5, 0.6) is 5.75 Å². The highest BCUT2D eigenvalue weighted by atomic mass is 19.1. The minimum absolute atomic E-state index is 0.120. The molecule has 5 rings (SSSR count). The van der Waals surface area contributed by atoms with E-state index in [0.29, 0.717) is 36.5 Å². The summed E-state index contributed by atoms with van der Waals surface area (Å²) >= 11 is 0. The molecule has 8 nitrogen and oxygen atoms in total. The maximum absolute atomic E-state index is 13.5. The third kappa shape index (κ3) is 4.22. The summed E-state index contributed by atoms with van der Waals surface area (Å²) in [6.45, 7) is 4.52. The van der Waals surface area contributed by atoms with Crippen molar-refractivity contribution in [2.24, 2.45) is 7.05 Å². The van der Waals surface area contributed by atoms with Crippen molar-refractivity contribution in [3.8, 4) is 5.75 Å². The Balaban J connectivity index is 1.35. The highest BCUT2D eigenvalue weighted by Crippen LogP contribution is 2.37. The number of anilines is 1. The standard InChI is InChI=1S/C26H28FN5O3/c1-15-9-20(31(4)29-15)14-32-23-12-17(5-7-22(23)16(2)30(3)26(32)34)25(33)28-13-21-11-18-10-19(27)6-8-24(18)35-21/h5-10,12,16,21H,11,13-14H2,1-4H3,(H,28,33). The van der Waals surface area contributed by atoms with E-state index in [9.17, 15) is 14.0 Å². The number of hydrogen-bond donors (Lipinski definition) is 1. The lowest BCUT2D eigenvalue weighted by molar-refractivity contribution is 0.0933. The van der Waals surface area contributed by atoms with Crippen molar-refractivity contribution in [2.75, 3.05) is 18.5 Å². The van der Waals surface area contributed by atoms with Crippen molar-refractivity contribution in [1.82, 2.24) is 20.0 Å². The van der Waals surface area contributed by atoms with Gasteiger partial charge >= 0.3 is 6.03 Å². The van der Waals surface area contributed by atoms with Crippen molar-refractivity contribution in [3.63, 3.8) is 0 Å².